The first-order valence-electron chi connectivity index (χ1n) is 11.3. The number of hydrogen-bond acceptors (Lipinski definition) is 5. The Morgan fingerprint density at radius 2 is 1.61 bits per heavy atom. The molecule has 1 amide bonds. The van der Waals surface area contributed by atoms with Gasteiger partial charge in [0.1, 0.15) is 17.6 Å². The van der Waals surface area contributed by atoms with Crippen LogP contribution in [0, 0.1) is 0 Å². The zero-order chi connectivity index (χ0) is 22.2. The van der Waals surface area contributed by atoms with Crippen molar-refractivity contribution < 1.29 is 14.3 Å². The maximum Gasteiger partial charge on any atom is 0.239 e. The predicted molar refractivity (Wildman–Crippen MR) is 123 cm³/mol. The van der Waals surface area contributed by atoms with Crippen molar-refractivity contribution in [3.05, 3.63) is 24.3 Å². The molecule has 0 bridgehead atoms. The van der Waals surface area contributed by atoms with Gasteiger partial charge in [-0.25, -0.2) is 0 Å². The molecular formula is C23H37N5O3. The number of aliphatic imine (C=N–C) groups is 1. The van der Waals surface area contributed by atoms with Crippen LogP contribution in [0.4, 0.5) is 0 Å². The maximum absolute atomic E-state index is 12.7. The topological polar surface area (TPSA) is 69.6 Å². The van der Waals surface area contributed by atoms with Gasteiger partial charge in [0, 0.05) is 46.3 Å². The molecule has 1 aromatic carbocycles. The average Bonchev–Trinajstić information content (AvgIpc) is 3.34. The van der Waals surface area contributed by atoms with Crippen molar-refractivity contribution in [2.45, 2.75) is 38.8 Å². The molecule has 3 rings (SSSR count). The molecule has 2 aliphatic rings. The second-order valence-corrected chi connectivity index (χ2v) is 8.26. The third-order valence-electron chi connectivity index (χ3n) is 6.09. The summed E-state index contributed by atoms with van der Waals surface area (Å²) in [5.41, 5.74) is 0. The summed E-state index contributed by atoms with van der Waals surface area (Å²) in [6.07, 6.45) is 2.26. The summed E-state index contributed by atoms with van der Waals surface area (Å²) in [5, 5.41) is 3.43. The highest BCUT2D eigenvalue weighted by atomic mass is 16.5. The van der Waals surface area contributed by atoms with Crippen LogP contribution < -0.4 is 14.8 Å². The fourth-order valence-electron chi connectivity index (χ4n) is 4.17. The van der Waals surface area contributed by atoms with Crippen molar-refractivity contribution in [2.24, 2.45) is 4.99 Å². The Balaban J connectivity index is 1.42. The number of carbonyl (C=O) groups excluding carboxylic acids is 1. The minimum absolute atomic E-state index is 0.00969. The van der Waals surface area contributed by atoms with Crippen molar-refractivity contribution in [3.8, 4) is 11.5 Å². The van der Waals surface area contributed by atoms with Gasteiger partial charge >= 0.3 is 0 Å². The Bertz CT molecular complexity index is 725. The fraction of sp³-hybridized carbons (Fsp3) is 0.652. The molecule has 8 nitrogen and oxygen atoms in total. The number of nitrogens with zero attached hydrogens (tertiary/aromatic N) is 4. The molecule has 2 atom stereocenters. The van der Waals surface area contributed by atoms with Gasteiger partial charge in [-0.1, -0.05) is 0 Å². The minimum atomic E-state index is -0.0480. The number of rotatable bonds is 7. The molecule has 0 aliphatic carbocycles. The zero-order valence-corrected chi connectivity index (χ0v) is 19.3. The number of guanidine groups is 1. The van der Waals surface area contributed by atoms with Gasteiger partial charge in [-0.2, -0.15) is 0 Å². The van der Waals surface area contributed by atoms with Crippen LogP contribution in [-0.2, 0) is 4.79 Å². The Kier molecular flexibility index (Phi) is 8.40. The molecule has 172 valence electrons. The zero-order valence-electron chi connectivity index (χ0n) is 19.3. The Labute approximate surface area is 186 Å². The van der Waals surface area contributed by atoms with Crippen molar-refractivity contribution in [2.75, 3.05) is 60.0 Å². The summed E-state index contributed by atoms with van der Waals surface area (Å²) in [6.45, 7) is 9.99. The smallest absolute Gasteiger partial charge is 0.239 e. The van der Waals surface area contributed by atoms with E-state index in [9.17, 15) is 4.79 Å². The standard InChI is InChI=1S/C23H37N5O3/c1-18(31-21-9-7-20(30-4)8-10-21)17-25-23(24-3)28-15-13-26(14-16-28)19(2)22(29)27-11-5-6-12-27/h7-10,18-19H,5-6,11-17H2,1-4H3,(H,24,25). The molecule has 1 aromatic rings. The van der Waals surface area contributed by atoms with Gasteiger partial charge in [-0.15, -0.1) is 0 Å². The molecule has 31 heavy (non-hydrogen) atoms. The number of piperazine rings is 1. The van der Waals surface area contributed by atoms with Crippen molar-refractivity contribution in [3.63, 3.8) is 0 Å². The highest BCUT2D eigenvalue weighted by Gasteiger charge is 2.30. The third-order valence-corrected chi connectivity index (χ3v) is 6.09. The van der Waals surface area contributed by atoms with E-state index in [0.29, 0.717) is 6.54 Å². The SMILES string of the molecule is CN=C(NCC(C)Oc1ccc(OC)cc1)N1CCN(C(C)C(=O)N2CCCC2)CC1. The number of nitrogens with one attached hydrogen (secondary N) is 1. The van der Waals surface area contributed by atoms with Gasteiger partial charge in [0.2, 0.25) is 5.91 Å². The number of ether oxygens (including phenoxy) is 2. The number of carbonyl (C=O) groups is 1. The van der Waals surface area contributed by atoms with E-state index in [2.05, 4.69) is 20.1 Å². The van der Waals surface area contributed by atoms with Crippen LogP contribution in [0.5, 0.6) is 11.5 Å². The molecule has 0 radical (unpaired) electrons. The van der Waals surface area contributed by atoms with E-state index in [4.69, 9.17) is 9.47 Å². The first-order chi connectivity index (χ1) is 15.0. The van der Waals surface area contributed by atoms with Crippen molar-refractivity contribution in [1.82, 2.24) is 20.0 Å². The number of amides is 1. The number of likely N-dealkylation sites (tertiary alicyclic amines) is 1. The van der Waals surface area contributed by atoms with E-state index in [-0.39, 0.29) is 18.1 Å². The Hall–Kier alpha value is -2.48. The second-order valence-electron chi connectivity index (χ2n) is 8.26. The van der Waals surface area contributed by atoms with E-state index >= 15 is 0 Å². The number of methoxy groups -OCH3 is 1. The van der Waals surface area contributed by atoms with Gasteiger partial charge in [0.25, 0.3) is 0 Å². The first-order valence-corrected chi connectivity index (χ1v) is 11.3. The van der Waals surface area contributed by atoms with Crippen LogP contribution in [0.25, 0.3) is 0 Å². The summed E-state index contributed by atoms with van der Waals surface area (Å²) < 4.78 is 11.2. The van der Waals surface area contributed by atoms with Gasteiger partial charge in [-0.3, -0.25) is 14.7 Å². The van der Waals surface area contributed by atoms with Crippen LogP contribution in [0.2, 0.25) is 0 Å². The third kappa shape index (κ3) is 6.26. The van der Waals surface area contributed by atoms with Crippen LogP contribution in [0.3, 0.4) is 0 Å². The van der Waals surface area contributed by atoms with Gasteiger partial charge in [0.05, 0.1) is 19.7 Å². The molecule has 0 saturated carbocycles. The van der Waals surface area contributed by atoms with Crippen molar-refractivity contribution in [1.29, 1.82) is 0 Å². The lowest BCUT2D eigenvalue weighted by molar-refractivity contribution is -0.135. The number of hydrogen-bond donors (Lipinski definition) is 1. The monoisotopic (exact) mass is 431 g/mol. The first kappa shape index (κ1) is 23.2. The van der Waals surface area contributed by atoms with Gasteiger partial charge < -0.3 is 24.6 Å². The van der Waals surface area contributed by atoms with Crippen LogP contribution in [0.1, 0.15) is 26.7 Å². The highest BCUT2D eigenvalue weighted by molar-refractivity contribution is 5.82. The normalized spacial score (nSPS) is 19.8. The second kappa shape index (κ2) is 11.2. The lowest BCUT2D eigenvalue weighted by Gasteiger charge is -2.39. The van der Waals surface area contributed by atoms with Crippen LogP contribution >= 0.6 is 0 Å². The van der Waals surface area contributed by atoms with E-state index in [1.54, 1.807) is 7.11 Å². The summed E-state index contributed by atoms with van der Waals surface area (Å²) in [4.78, 5) is 23.7. The quantitative estimate of drug-likeness (QED) is 0.523. The summed E-state index contributed by atoms with van der Waals surface area (Å²) >= 11 is 0. The predicted octanol–water partition coefficient (Wildman–Crippen LogP) is 1.67. The van der Waals surface area contributed by atoms with Gasteiger partial charge in [-0.05, 0) is 51.0 Å². The van der Waals surface area contributed by atoms with Gasteiger partial charge in [0.15, 0.2) is 5.96 Å². The van der Waals surface area contributed by atoms with E-state index in [0.717, 1.165) is 69.6 Å². The molecule has 1 N–H and O–H groups in total. The molecule has 0 aromatic heterocycles. The molecule has 2 saturated heterocycles. The summed E-state index contributed by atoms with van der Waals surface area (Å²) in [7, 11) is 3.46. The van der Waals surface area contributed by atoms with Crippen molar-refractivity contribution >= 4 is 11.9 Å². The maximum atomic E-state index is 12.7. The van der Waals surface area contributed by atoms with E-state index in [1.165, 1.54) is 0 Å². The molecule has 2 fully saturated rings. The largest absolute Gasteiger partial charge is 0.497 e. The summed E-state index contributed by atoms with van der Waals surface area (Å²) in [5.74, 6) is 2.78. The Morgan fingerprint density at radius 3 is 2.19 bits per heavy atom. The molecule has 2 aliphatic heterocycles. The molecular weight excluding hydrogens is 394 g/mol. The Morgan fingerprint density at radius 1 is 1.00 bits per heavy atom. The summed E-state index contributed by atoms with van der Waals surface area (Å²) in [6, 6.07) is 7.56. The lowest BCUT2D eigenvalue weighted by atomic mass is 10.2. The molecule has 0 spiro atoms. The molecule has 2 unspecified atom stereocenters. The highest BCUT2D eigenvalue weighted by Crippen LogP contribution is 2.18. The number of benzene rings is 1. The fourth-order valence-corrected chi connectivity index (χ4v) is 4.17. The molecule has 2 heterocycles. The average molecular weight is 432 g/mol. The van der Waals surface area contributed by atoms with Crippen LogP contribution in [-0.4, -0.2) is 98.7 Å². The lowest BCUT2D eigenvalue weighted by Crippen LogP contribution is -2.57. The van der Waals surface area contributed by atoms with Crippen LogP contribution in [0.15, 0.2) is 29.3 Å². The minimum Gasteiger partial charge on any atom is -0.497 e. The molecule has 8 heteroatoms. The van der Waals surface area contributed by atoms with E-state index < -0.39 is 0 Å². The van der Waals surface area contributed by atoms with E-state index in [1.807, 2.05) is 50.1 Å².